The number of anilines is 1. The Morgan fingerprint density at radius 2 is 2.14 bits per heavy atom. The van der Waals surface area contributed by atoms with Crippen molar-refractivity contribution in [3.05, 3.63) is 29.8 Å². The van der Waals surface area contributed by atoms with Gasteiger partial charge in [-0.3, -0.25) is 4.90 Å². The van der Waals surface area contributed by atoms with Gasteiger partial charge in [0.1, 0.15) is 0 Å². The summed E-state index contributed by atoms with van der Waals surface area (Å²) in [6, 6.07) is 9.39. The van der Waals surface area contributed by atoms with Crippen molar-refractivity contribution in [1.82, 2.24) is 4.90 Å². The molecule has 2 heterocycles. The summed E-state index contributed by atoms with van der Waals surface area (Å²) in [6.07, 6.45) is 3.20. The predicted octanol–water partition coefficient (Wildman–Crippen LogP) is 2.42. The highest BCUT2D eigenvalue weighted by atomic mass is 15.3. The maximum atomic E-state index is 3.62. The zero-order chi connectivity index (χ0) is 9.54. The summed E-state index contributed by atoms with van der Waals surface area (Å²) in [5.74, 6) is 0. The first kappa shape index (κ1) is 8.30. The summed E-state index contributed by atoms with van der Waals surface area (Å²) < 4.78 is 0. The Labute approximate surface area is 84.9 Å². The van der Waals surface area contributed by atoms with Crippen molar-refractivity contribution in [1.29, 1.82) is 0 Å². The highest BCUT2D eigenvalue weighted by molar-refractivity contribution is 5.53. The van der Waals surface area contributed by atoms with Gasteiger partial charge >= 0.3 is 0 Å². The van der Waals surface area contributed by atoms with Gasteiger partial charge in [-0.15, -0.1) is 0 Å². The molecule has 1 saturated heterocycles. The number of nitrogens with zero attached hydrogens (tertiary/aromatic N) is 1. The molecule has 2 heteroatoms. The standard InChI is InChI=1S/C12H16N2/c1-9-6-7-12-13-11-5-3-2-4-10(11)8-14(9)12/h2-5,9,12-13H,6-8H2,1H3. The van der Waals surface area contributed by atoms with Gasteiger partial charge < -0.3 is 5.32 Å². The first-order chi connectivity index (χ1) is 6.84. The third-order valence-corrected chi connectivity index (χ3v) is 3.52. The molecular weight excluding hydrogens is 172 g/mol. The second-order valence-corrected chi connectivity index (χ2v) is 4.42. The molecule has 2 nitrogen and oxygen atoms in total. The second kappa shape index (κ2) is 2.99. The molecule has 14 heavy (non-hydrogen) atoms. The molecule has 0 amide bonds. The van der Waals surface area contributed by atoms with Crippen LogP contribution in [0.1, 0.15) is 25.3 Å². The van der Waals surface area contributed by atoms with E-state index in [0.29, 0.717) is 6.17 Å². The lowest BCUT2D eigenvalue weighted by molar-refractivity contribution is 0.202. The van der Waals surface area contributed by atoms with Crippen molar-refractivity contribution in [2.24, 2.45) is 0 Å². The van der Waals surface area contributed by atoms with Crippen LogP contribution in [0.2, 0.25) is 0 Å². The van der Waals surface area contributed by atoms with Crippen molar-refractivity contribution < 1.29 is 0 Å². The lowest BCUT2D eigenvalue weighted by Gasteiger charge is -2.35. The normalized spacial score (nSPS) is 30.6. The van der Waals surface area contributed by atoms with Gasteiger partial charge in [-0.1, -0.05) is 18.2 Å². The van der Waals surface area contributed by atoms with Crippen LogP contribution < -0.4 is 5.32 Å². The molecule has 2 aliphatic heterocycles. The highest BCUT2D eigenvalue weighted by Crippen LogP contribution is 2.33. The molecule has 3 rings (SSSR count). The molecule has 1 N–H and O–H groups in total. The summed E-state index contributed by atoms with van der Waals surface area (Å²) in [5.41, 5.74) is 2.78. The van der Waals surface area contributed by atoms with Gasteiger partial charge in [-0.25, -0.2) is 0 Å². The summed E-state index contributed by atoms with van der Waals surface area (Å²) in [4.78, 5) is 2.57. The molecule has 0 saturated carbocycles. The number of benzene rings is 1. The molecule has 0 spiro atoms. The van der Waals surface area contributed by atoms with Crippen molar-refractivity contribution in [3.63, 3.8) is 0 Å². The van der Waals surface area contributed by atoms with E-state index in [4.69, 9.17) is 0 Å². The van der Waals surface area contributed by atoms with E-state index in [-0.39, 0.29) is 0 Å². The molecule has 2 aliphatic rings. The first-order valence-electron chi connectivity index (χ1n) is 5.45. The third kappa shape index (κ3) is 1.14. The highest BCUT2D eigenvalue weighted by Gasteiger charge is 2.33. The fourth-order valence-corrected chi connectivity index (χ4v) is 2.63. The second-order valence-electron chi connectivity index (χ2n) is 4.42. The Morgan fingerprint density at radius 1 is 1.29 bits per heavy atom. The number of hydrogen-bond acceptors (Lipinski definition) is 2. The van der Waals surface area contributed by atoms with Crippen LogP contribution in [0.4, 0.5) is 5.69 Å². The van der Waals surface area contributed by atoms with Crippen LogP contribution in [0.3, 0.4) is 0 Å². The zero-order valence-electron chi connectivity index (χ0n) is 8.53. The summed E-state index contributed by atoms with van der Waals surface area (Å²) in [5, 5.41) is 3.62. The Morgan fingerprint density at radius 3 is 3.07 bits per heavy atom. The molecular formula is C12H16N2. The summed E-state index contributed by atoms with van der Waals surface area (Å²) in [7, 11) is 0. The zero-order valence-corrected chi connectivity index (χ0v) is 8.53. The number of rotatable bonds is 0. The van der Waals surface area contributed by atoms with Crippen LogP contribution in [-0.4, -0.2) is 17.1 Å². The van der Waals surface area contributed by atoms with Gasteiger partial charge in [0, 0.05) is 18.3 Å². The quantitative estimate of drug-likeness (QED) is 0.672. The van der Waals surface area contributed by atoms with Crippen LogP contribution in [0.15, 0.2) is 24.3 Å². The molecule has 2 unspecified atom stereocenters. The van der Waals surface area contributed by atoms with Crippen LogP contribution in [0.25, 0.3) is 0 Å². The van der Waals surface area contributed by atoms with Crippen molar-refractivity contribution in [2.45, 2.75) is 38.5 Å². The van der Waals surface area contributed by atoms with Crippen LogP contribution in [0, 0.1) is 0 Å². The molecule has 0 bridgehead atoms. The predicted molar refractivity (Wildman–Crippen MR) is 58.1 cm³/mol. The number of para-hydroxylation sites is 1. The van der Waals surface area contributed by atoms with E-state index in [1.807, 2.05) is 0 Å². The van der Waals surface area contributed by atoms with Crippen molar-refractivity contribution >= 4 is 5.69 Å². The average molecular weight is 188 g/mol. The lowest BCUT2D eigenvalue weighted by Crippen LogP contribution is -2.42. The summed E-state index contributed by atoms with van der Waals surface area (Å²) >= 11 is 0. The minimum absolute atomic E-state index is 0.583. The van der Waals surface area contributed by atoms with Crippen LogP contribution in [-0.2, 0) is 6.54 Å². The van der Waals surface area contributed by atoms with E-state index in [2.05, 4.69) is 41.4 Å². The molecule has 0 aromatic heterocycles. The number of hydrogen-bond donors (Lipinski definition) is 1. The largest absolute Gasteiger partial charge is 0.369 e. The topological polar surface area (TPSA) is 15.3 Å². The molecule has 1 fully saturated rings. The smallest absolute Gasteiger partial charge is 0.0799 e. The van der Waals surface area contributed by atoms with Gasteiger partial charge in [0.2, 0.25) is 0 Å². The first-order valence-corrected chi connectivity index (χ1v) is 5.45. The Bertz CT molecular complexity index is 348. The van der Waals surface area contributed by atoms with E-state index in [1.165, 1.54) is 24.1 Å². The van der Waals surface area contributed by atoms with Crippen molar-refractivity contribution in [3.8, 4) is 0 Å². The summed E-state index contributed by atoms with van der Waals surface area (Å²) in [6.45, 7) is 3.45. The fraction of sp³-hybridized carbons (Fsp3) is 0.500. The average Bonchev–Trinajstić information content (AvgIpc) is 2.57. The molecule has 1 aromatic carbocycles. The molecule has 0 radical (unpaired) electrons. The minimum atomic E-state index is 0.583. The van der Waals surface area contributed by atoms with E-state index in [1.54, 1.807) is 0 Å². The Hall–Kier alpha value is -1.02. The fourth-order valence-electron chi connectivity index (χ4n) is 2.63. The maximum Gasteiger partial charge on any atom is 0.0799 e. The van der Waals surface area contributed by atoms with Gasteiger partial charge in [-0.2, -0.15) is 0 Å². The van der Waals surface area contributed by atoms with E-state index >= 15 is 0 Å². The molecule has 0 aliphatic carbocycles. The van der Waals surface area contributed by atoms with Gasteiger partial charge in [0.15, 0.2) is 0 Å². The number of nitrogens with one attached hydrogen (secondary N) is 1. The van der Waals surface area contributed by atoms with Crippen LogP contribution >= 0.6 is 0 Å². The van der Waals surface area contributed by atoms with Crippen molar-refractivity contribution in [2.75, 3.05) is 5.32 Å². The minimum Gasteiger partial charge on any atom is -0.369 e. The molecule has 2 atom stereocenters. The Balaban J connectivity index is 1.95. The van der Waals surface area contributed by atoms with Gasteiger partial charge in [-0.05, 0) is 31.4 Å². The number of fused-ring (bicyclic) bond motifs is 2. The molecule has 74 valence electrons. The monoisotopic (exact) mass is 188 g/mol. The van der Waals surface area contributed by atoms with E-state index in [9.17, 15) is 0 Å². The Kier molecular flexibility index (Phi) is 1.77. The van der Waals surface area contributed by atoms with Gasteiger partial charge in [0.05, 0.1) is 6.17 Å². The third-order valence-electron chi connectivity index (χ3n) is 3.52. The van der Waals surface area contributed by atoms with Gasteiger partial charge in [0.25, 0.3) is 0 Å². The maximum absolute atomic E-state index is 3.62. The van der Waals surface area contributed by atoms with E-state index < -0.39 is 0 Å². The van der Waals surface area contributed by atoms with Crippen LogP contribution in [0.5, 0.6) is 0 Å². The van der Waals surface area contributed by atoms with E-state index in [0.717, 1.165) is 12.6 Å². The lowest BCUT2D eigenvalue weighted by atomic mass is 10.1. The molecule has 1 aromatic rings. The SMILES string of the molecule is CC1CCC2Nc3ccccc3CN12.